The molecule has 0 N–H and O–H groups in total. The summed E-state index contributed by atoms with van der Waals surface area (Å²) < 4.78 is 61.8. The zero-order chi connectivity index (χ0) is 14.4. The number of halogens is 3. The summed E-state index contributed by atoms with van der Waals surface area (Å²) >= 11 is 0. The lowest BCUT2D eigenvalue weighted by Gasteiger charge is -2.18. The molecule has 20 heavy (non-hydrogen) atoms. The summed E-state index contributed by atoms with van der Waals surface area (Å²) in [5, 5.41) is 0. The van der Waals surface area contributed by atoms with Crippen molar-refractivity contribution in [2.45, 2.75) is 30.9 Å². The van der Waals surface area contributed by atoms with Crippen LogP contribution >= 0.6 is 0 Å². The molecule has 2 aliphatic rings. The van der Waals surface area contributed by atoms with Crippen molar-refractivity contribution in [3.63, 3.8) is 0 Å². The van der Waals surface area contributed by atoms with E-state index >= 15 is 0 Å². The van der Waals surface area contributed by atoms with Crippen LogP contribution in [-0.4, -0.2) is 70.7 Å². The Labute approximate surface area is 115 Å². The van der Waals surface area contributed by atoms with Crippen molar-refractivity contribution in [1.29, 1.82) is 0 Å². The lowest BCUT2D eigenvalue weighted by molar-refractivity contribution is -0.149. The van der Waals surface area contributed by atoms with Crippen molar-refractivity contribution in [1.82, 2.24) is 0 Å². The quantitative estimate of drug-likeness (QED) is 0.423. The van der Waals surface area contributed by atoms with Gasteiger partial charge in [-0.1, -0.05) is 0 Å². The zero-order valence-corrected chi connectivity index (χ0v) is 11.1. The average molecular weight is 300 g/mol. The monoisotopic (exact) mass is 300 g/mol. The molecule has 0 aromatic heterocycles. The van der Waals surface area contributed by atoms with Gasteiger partial charge < -0.3 is 23.7 Å². The number of ether oxygens (including phenoxy) is 5. The van der Waals surface area contributed by atoms with E-state index in [0.717, 1.165) is 0 Å². The maximum absolute atomic E-state index is 12.0. The van der Waals surface area contributed by atoms with E-state index < -0.39 is 12.6 Å². The molecule has 2 heterocycles. The molecule has 2 fully saturated rings. The molecule has 0 aromatic carbocycles. The molecular formula is C12H19F3O5. The minimum Gasteiger partial charge on any atom is -0.378 e. The molecule has 0 aromatic rings. The van der Waals surface area contributed by atoms with Crippen molar-refractivity contribution < 1.29 is 36.9 Å². The summed E-state index contributed by atoms with van der Waals surface area (Å²) in [4.78, 5) is 0. The standard InChI is InChI=1S/C12H19F3O5/c13-12(14,15)1-2-16-3-9(18-7-11-8-20-11)4-17-5-10-6-19-10/h9-11H,1-8H2. The third kappa shape index (κ3) is 8.01. The van der Waals surface area contributed by atoms with E-state index in [4.69, 9.17) is 23.7 Å². The Hall–Kier alpha value is -0.410. The topological polar surface area (TPSA) is 52.8 Å². The molecule has 5 nitrogen and oxygen atoms in total. The highest BCUT2D eigenvalue weighted by atomic mass is 19.4. The molecule has 118 valence electrons. The second-order valence-corrected chi connectivity index (χ2v) is 4.84. The van der Waals surface area contributed by atoms with Crippen LogP contribution < -0.4 is 0 Å². The third-order valence-corrected chi connectivity index (χ3v) is 2.76. The Morgan fingerprint density at radius 1 is 1.00 bits per heavy atom. The average Bonchev–Trinajstić information content (AvgIpc) is 3.23. The van der Waals surface area contributed by atoms with Gasteiger partial charge in [0, 0.05) is 0 Å². The highest BCUT2D eigenvalue weighted by Crippen LogP contribution is 2.19. The van der Waals surface area contributed by atoms with Crippen LogP contribution in [-0.2, 0) is 23.7 Å². The van der Waals surface area contributed by atoms with Crippen molar-refractivity contribution in [3.05, 3.63) is 0 Å². The molecule has 0 radical (unpaired) electrons. The van der Waals surface area contributed by atoms with Crippen molar-refractivity contribution in [2.75, 3.05) is 46.2 Å². The van der Waals surface area contributed by atoms with Gasteiger partial charge in [-0.15, -0.1) is 0 Å². The maximum Gasteiger partial charge on any atom is 0.391 e. The normalized spacial score (nSPS) is 26.6. The van der Waals surface area contributed by atoms with Crippen molar-refractivity contribution in [3.8, 4) is 0 Å². The Kier molecular flexibility index (Phi) is 6.03. The number of rotatable bonds is 11. The summed E-state index contributed by atoms with van der Waals surface area (Å²) in [7, 11) is 0. The van der Waals surface area contributed by atoms with Gasteiger partial charge in [0.05, 0.1) is 52.7 Å². The minimum absolute atomic E-state index is 0.0777. The molecule has 0 amide bonds. The molecule has 2 aliphatic heterocycles. The van der Waals surface area contributed by atoms with Gasteiger partial charge in [-0.3, -0.25) is 0 Å². The van der Waals surface area contributed by atoms with Crippen LogP contribution in [0.2, 0.25) is 0 Å². The summed E-state index contributed by atoms with van der Waals surface area (Å²) in [6, 6.07) is 0. The molecule has 3 unspecified atom stereocenters. The first-order valence-electron chi connectivity index (χ1n) is 6.60. The SMILES string of the molecule is FC(F)(F)CCOCC(COCC1CO1)OCC1CO1. The van der Waals surface area contributed by atoms with E-state index in [-0.39, 0.29) is 38.1 Å². The van der Waals surface area contributed by atoms with Crippen LogP contribution in [0.1, 0.15) is 6.42 Å². The predicted molar refractivity (Wildman–Crippen MR) is 61.5 cm³/mol. The molecule has 8 heteroatoms. The van der Waals surface area contributed by atoms with Gasteiger partial charge >= 0.3 is 6.18 Å². The van der Waals surface area contributed by atoms with Crippen LogP contribution in [0.15, 0.2) is 0 Å². The predicted octanol–water partition coefficient (Wildman–Crippen LogP) is 1.15. The summed E-state index contributed by atoms with van der Waals surface area (Å²) in [6.07, 6.45) is -5.29. The first-order chi connectivity index (χ1) is 9.53. The van der Waals surface area contributed by atoms with Gasteiger partial charge in [0.25, 0.3) is 0 Å². The van der Waals surface area contributed by atoms with Gasteiger partial charge in [0.15, 0.2) is 0 Å². The Bertz CT molecular complexity index is 279. The van der Waals surface area contributed by atoms with E-state index in [0.29, 0.717) is 26.4 Å². The Balaban J connectivity index is 1.55. The molecular weight excluding hydrogens is 281 g/mol. The Morgan fingerprint density at radius 3 is 2.20 bits per heavy atom. The Morgan fingerprint density at radius 2 is 1.60 bits per heavy atom. The number of hydrogen-bond donors (Lipinski definition) is 0. The van der Waals surface area contributed by atoms with Crippen LogP contribution in [0.5, 0.6) is 0 Å². The maximum atomic E-state index is 12.0. The zero-order valence-electron chi connectivity index (χ0n) is 11.1. The fourth-order valence-corrected chi connectivity index (χ4v) is 1.45. The van der Waals surface area contributed by atoms with Gasteiger partial charge in [-0.05, 0) is 0 Å². The van der Waals surface area contributed by atoms with Crippen LogP contribution in [0.3, 0.4) is 0 Å². The summed E-state index contributed by atoms with van der Waals surface area (Å²) in [5.41, 5.74) is 0. The van der Waals surface area contributed by atoms with E-state index in [1.165, 1.54) is 0 Å². The van der Waals surface area contributed by atoms with Gasteiger partial charge in [-0.2, -0.15) is 13.2 Å². The van der Waals surface area contributed by atoms with Crippen molar-refractivity contribution in [2.24, 2.45) is 0 Å². The van der Waals surface area contributed by atoms with E-state index in [1.807, 2.05) is 0 Å². The minimum atomic E-state index is -4.20. The van der Waals surface area contributed by atoms with Gasteiger partial charge in [-0.25, -0.2) is 0 Å². The van der Waals surface area contributed by atoms with Gasteiger partial charge in [0.1, 0.15) is 18.3 Å². The fraction of sp³-hybridized carbons (Fsp3) is 1.00. The largest absolute Gasteiger partial charge is 0.391 e. The first-order valence-corrected chi connectivity index (χ1v) is 6.60. The fourth-order valence-electron chi connectivity index (χ4n) is 1.45. The van der Waals surface area contributed by atoms with Crippen LogP contribution in [0.4, 0.5) is 13.2 Å². The molecule has 0 saturated carbocycles. The molecule has 0 spiro atoms. The van der Waals surface area contributed by atoms with Gasteiger partial charge in [0.2, 0.25) is 0 Å². The first kappa shape index (κ1) is 16.0. The molecule has 2 rings (SSSR count). The smallest absolute Gasteiger partial charge is 0.378 e. The van der Waals surface area contributed by atoms with Crippen molar-refractivity contribution >= 4 is 0 Å². The number of hydrogen-bond acceptors (Lipinski definition) is 5. The second-order valence-electron chi connectivity index (χ2n) is 4.84. The second kappa shape index (κ2) is 7.56. The summed E-state index contributed by atoms with van der Waals surface area (Å²) in [5.74, 6) is 0. The van der Waals surface area contributed by atoms with E-state index in [2.05, 4.69) is 0 Å². The highest BCUT2D eigenvalue weighted by molar-refractivity contribution is 4.70. The van der Waals surface area contributed by atoms with Crippen LogP contribution in [0.25, 0.3) is 0 Å². The van der Waals surface area contributed by atoms with E-state index in [9.17, 15) is 13.2 Å². The van der Waals surface area contributed by atoms with Crippen LogP contribution in [0, 0.1) is 0 Å². The lowest BCUT2D eigenvalue weighted by Crippen LogP contribution is -2.29. The molecule has 2 saturated heterocycles. The number of epoxide rings is 2. The molecule has 0 bridgehead atoms. The molecule has 0 aliphatic carbocycles. The van der Waals surface area contributed by atoms with E-state index in [1.54, 1.807) is 0 Å². The third-order valence-electron chi connectivity index (χ3n) is 2.76. The molecule has 3 atom stereocenters. The number of alkyl halides is 3. The summed E-state index contributed by atoms with van der Waals surface area (Å²) in [6.45, 7) is 2.24. The highest BCUT2D eigenvalue weighted by Gasteiger charge is 2.28. The lowest BCUT2D eigenvalue weighted by atomic mass is 10.4.